The molecule has 0 fully saturated rings. The Morgan fingerprint density at radius 2 is 0.964 bits per heavy atom. The molecule has 0 unspecified atom stereocenters. The molecule has 6 rings (SSSR count). The van der Waals surface area contributed by atoms with Crippen molar-refractivity contribution < 1.29 is 5.11 Å². The first-order chi connectivity index (χ1) is 13.8. The van der Waals surface area contributed by atoms with Crippen LogP contribution in [0.2, 0.25) is 0 Å². The first kappa shape index (κ1) is 16.3. The highest BCUT2D eigenvalue weighted by Gasteiger charge is 2.22. The van der Waals surface area contributed by atoms with Gasteiger partial charge in [-0.15, -0.1) is 0 Å². The predicted octanol–water partition coefficient (Wildman–Crippen LogP) is 6.05. The number of hydrogen-bond donors (Lipinski definition) is 1. The van der Waals surface area contributed by atoms with E-state index < -0.39 is 6.10 Å². The highest BCUT2D eigenvalue weighted by molar-refractivity contribution is 5.95. The molecule has 0 radical (unpaired) electrons. The second-order valence-corrected chi connectivity index (χ2v) is 8.42. The Balaban J connectivity index is 1.59. The van der Waals surface area contributed by atoms with Crippen LogP contribution < -0.4 is 0 Å². The third-order valence-corrected chi connectivity index (χ3v) is 6.87. The summed E-state index contributed by atoms with van der Waals surface area (Å²) in [6.07, 6.45) is 6.43. The maximum Gasteiger partial charge on any atom is 0.105 e. The number of aliphatic hydroxyl groups is 1. The van der Waals surface area contributed by atoms with E-state index in [-0.39, 0.29) is 0 Å². The van der Waals surface area contributed by atoms with Gasteiger partial charge in [0, 0.05) is 0 Å². The van der Waals surface area contributed by atoms with Crippen molar-refractivity contribution in [2.75, 3.05) is 0 Å². The fraction of sp³-hybridized carbons (Fsp3) is 0.259. The van der Waals surface area contributed by atoms with E-state index in [1.165, 1.54) is 56.6 Å². The van der Waals surface area contributed by atoms with Gasteiger partial charge in [-0.1, -0.05) is 60.7 Å². The van der Waals surface area contributed by atoms with Gasteiger partial charge in [-0.25, -0.2) is 0 Å². The second-order valence-electron chi connectivity index (χ2n) is 8.42. The van der Waals surface area contributed by atoms with Gasteiger partial charge in [0.1, 0.15) is 6.10 Å². The van der Waals surface area contributed by atoms with Gasteiger partial charge >= 0.3 is 0 Å². The second kappa shape index (κ2) is 6.18. The zero-order valence-corrected chi connectivity index (χ0v) is 16.0. The van der Waals surface area contributed by atoms with Gasteiger partial charge in [-0.2, -0.15) is 0 Å². The maximum atomic E-state index is 11.5. The van der Waals surface area contributed by atoms with Crippen LogP contribution in [0.1, 0.15) is 52.3 Å². The molecule has 1 nitrogen and oxygen atoms in total. The Kier molecular flexibility index (Phi) is 3.61. The molecule has 0 atom stereocenters. The van der Waals surface area contributed by atoms with Crippen molar-refractivity contribution in [2.45, 2.75) is 44.6 Å². The monoisotopic (exact) mass is 364 g/mol. The summed E-state index contributed by atoms with van der Waals surface area (Å²) < 4.78 is 0. The lowest BCUT2D eigenvalue weighted by molar-refractivity contribution is 0.223. The van der Waals surface area contributed by atoms with E-state index in [1.807, 2.05) is 0 Å². The molecule has 0 spiro atoms. The van der Waals surface area contributed by atoms with Crippen molar-refractivity contribution in [3.8, 4) is 0 Å². The molecule has 2 aliphatic carbocycles. The Morgan fingerprint density at radius 3 is 1.43 bits per heavy atom. The van der Waals surface area contributed by atoms with Crippen molar-refractivity contribution in [1.82, 2.24) is 0 Å². The summed E-state index contributed by atoms with van der Waals surface area (Å²) in [5.74, 6) is 0. The van der Waals surface area contributed by atoms with Gasteiger partial charge in [0.15, 0.2) is 0 Å². The molecular formula is C27H24O. The summed E-state index contributed by atoms with van der Waals surface area (Å²) in [6, 6.07) is 22.0. The van der Waals surface area contributed by atoms with Crippen molar-refractivity contribution >= 4 is 21.5 Å². The average Bonchev–Trinajstić information content (AvgIpc) is 2.75. The highest BCUT2D eigenvalue weighted by atomic mass is 16.3. The number of aliphatic hydroxyl groups excluding tert-OH is 1. The summed E-state index contributed by atoms with van der Waals surface area (Å²) in [6.45, 7) is 0. The topological polar surface area (TPSA) is 20.2 Å². The third kappa shape index (κ3) is 2.29. The molecule has 4 aromatic rings. The molecule has 0 heterocycles. The van der Waals surface area contributed by atoms with Crippen LogP contribution in [0.25, 0.3) is 21.5 Å². The summed E-state index contributed by atoms with van der Waals surface area (Å²) >= 11 is 0. The van der Waals surface area contributed by atoms with Gasteiger partial charge in [0.05, 0.1) is 0 Å². The molecule has 1 heteroatoms. The van der Waals surface area contributed by atoms with Gasteiger partial charge in [0.25, 0.3) is 0 Å². The fourth-order valence-corrected chi connectivity index (χ4v) is 5.58. The normalized spacial score (nSPS) is 15.5. The van der Waals surface area contributed by atoms with Crippen LogP contribution in [0.3, 0.4) is 0 Å². The number of hydrogen-bond acceptors (Lipinski definition) is 1. The zero-order chi connectivity index (χ0) is 18.7. The molecule has 0 saturated carbocycles. The third-order valence-electron chi connectivity index (χ3n) is 6.87. The van der Waals surface area contributed by atoms with Crippen LogP contribution in [0, 0.1) is 0 Å². The van der Waals surface area contributed by atoms with Crippen molar-refractivity contribution in [2.24, 2.45) is 0 Å². The lowest BCUT2D eigenvalue weighted by atomic mass is 9.82. The molecule has 0 bridgehead atoms. The lowest BCUT2D eigenvalue weighted by Crippen LogP contribution is -2.08. The summed E-state index contributed by atoms with van der Waals surface area (Å²) in [4.78, 5) is 0. The fourth-order valence-electron chi connectivity index (χ4n) is 5.58. The van der Waals surface area contributed by atoms with Crippen LogP contribution in [-0.4, -0.2) is 5.11 Å². The summed E-state index contributed by atoms with van der Waals surface area (Å²) in [5.41, 5.74) is 7.82. The van der Waals surface area contributed by atoms with Crippen molar-refractivity contribution in [3.05, 3.63) is 94.0 Å². The van der Waals surface area contributed by atoms with E-state index in [9.17, 15) is 5.11 Å². The zero-order valence-electron chi connectivity index (χ0n) is 16.0. The minimum Gasteiger partial charge on any atom is -0.384 e. The van der Waals surface area contributed by atoms with Gasteiger partial charge in [0.2, 0.25) is 0 Å². The number of benzene rings is 4. The van der Waals surface area contributed by atoms with Gasteiger partial charge in [-0.05, 0) is 93.5 Å². The highest BCUT2D eigenvalue weighted by Crippen LogP contribution is 2.39. The maximum absolute atomic E-state index is 11.5. The predicted molar refractivity (Wildman–Crippen MR) is 116 cm³/mol. The first-order valence-corrected chi connectivity index (χ1v) is 10.6. The van der Waals surface area contributed by atoms with Crippen LogP contribution in [0.15, 0.2) is 60.7 Å². The van der Waals surface area contributed by atoms with Crippen LogP contribution in [-0.2, 0) is 25.7 Å². The van der Waals surface area contributed by atoms with Gasteiger partial charge in [-0.3, -0.25) is 0 Å². The molecular weight excluding hydrogens is 340 g/mol. The lowest BCUT2D eigenvalue weighted by Gasteiger charge is -2.24. The molecule has 2 aliphatic rings. The number of rotatable bonds is 2. The Hall–Kier alpha value is -2.64. The van der Waals surface area contributed by atoms with Crippen molar-refractivity contribution in [3.63, 3.8) is 0 Å². The average molecular weight is 364 g/mol. The quantitative estimate of drug-likeness (QED) is 0.459. The standard InChI is InChI=1S/C27H24O/c28-27(23-15-13-19-7-1-5-17-9-3-11-21(23)25(17)19)24-16-14-20-8-2-6-18-10-4-12-22(24)26(18)20/h3-4,9-16,27-28H,1-2,5-8H2. The molecule has 1 N–H and O–H groups in total. The minimum atomic E-state index is -0.600. The van der Waals surface area contributed by atoms with E-state index in [4.69, 9.17) is 0 Å². The molecule has 28 heavy (non-hydrogen) atoms. The number of aryl methyl sites for hydroxylation is 4. The van der Waals surface area contributed by atoms with Gasteiger partial charge < -0.3 is 5.11 Å². The van der Waals surface area contributed by atoms with E-state index in [2.05, 4.69) is 60.7 Å². The molecule has 4 aromatic carbocycles. The summed E-state index contributed by atoms with van der Waals surface area (Å²) in [7, 11) is 0. The van der Waals surface area contributed by atoms with E-state index in [1.54, 1.807) is 0 Å². The smallest absolute Gasteiger partial charge is 0.105 e. The first-order valence-electron chi connectivity index (χ1n) is 10.6. The minimum absolute atomic E-state index is 0.600. The van der Waals surface area contributed by atoms with Crippen LogP contribution in [0.5, 0.6) is 0 Å². The molecule has 0 amide bonds. The Morgan fingerprint density at radius 1 is 0.536 bits per heavy atom. The molecule has 0 aliphatic heterocycles. The van der Waals surface area contributed by atoms with E-state index in [0.29, 0.717) is 0 Å². The van der Waals surface area contributed by atoms with Crippen molar-refractivity contribution in [1.29, 1.82) is 0 Å². The van der Waals surface area contributed by atoms with E-state index >= 15 is 0 Å². The van der Waals surface area contributed by atoms with Crippen LogP contribution >= 0.6 is 0 Å². The Bertz CT molecular complexity index is 1120. The largest absolute Gasteiger partial charge is 0.384 e. The molecule has 138 valence electrons. The Labute approximate surface area is 165 Å². The SMILES string of the molecule is OC(c1ccc2c3c(cccc13)CCC2)c1ccc2c3c(cccc13)CCC2. The van der Waals surface area contributed by atoms with E-state index in [0.717, 1.165) is 36.8 Å². The molecule has 0 aromatic heterocycles. The summed E-state index contributed by atoms with van der Waals surface area (Å²) in [5, 5.41) is 16.7. The van der Waals surface area contributed by atoms with Crippen LogP contribution in [0.4, 0.5) is 0 Å². The molecule has 0 saturated heterocycles.